The molecule has 2 unspecified atom stereocenters. The van der Waals surface area contributed by atoms with Crippen LogP contribution in [0, 0.1) is 11.3 Å². The smallest absolute Gasteiger partial charge is 0.0635 e. The molecule has 2 atom stereocenters. The summed E-state index contributed by atoms with van der Waals surface area (Å²) in [5, 5.41) is 13.0. The zero-order valence-corrected chi connectivity index (χ0v) is 12.5. The Morgan fingerprint density at radius 2 is 2.32 bits per heavy atom. The van der Waals surface area contributed by atoms with Gasteiger partial charge in [0.05, 0.1) is 18.7 Å². The molecule has 1 heterocycles. The Morgan fingerprint density at radius 1 is 1.53 bits per heavy atom. The molecule has 0 amide bonds. The van der Waals surface area contributed by atoms with E-state index in [-0.39, 0.29) is 12.1 Å². The van der Waals surface area contributed by atoms with Crippen LogP contribution in [0.1, 0.15) is 31.4 Å². The number of nitriles is 1. The summed E-state index contributed by atoms with van der Waals surface area (Å²) in [6.45, 7) is 4.28. The minimum Gasteiger partial charge on any atom is -0.383 e. The number of rotatable bonds is 9. The Morgan fingerprint density at radius 3 is 2.84 bits per heavy atom. The van der Waals surface area contributed by atoms with Crippen molar-refractivity contribution in [2.24, 2.45) is 5.73 Å². The molecule has 0 saturated heterocycles. The van der Waals surface area contributed by atoms with Gasteiger partial charge >= 0.3 is 0 Å². The van der Waals surface area contributed by atoms with Crippen LogP contribution in [0.3, 0.4) is 0 Å². The lowest BCUT2D eigenvalue weighted by Gasteiger charge is -2.34. The van der Waals surface area contributed by atoms with Crippen LogP contribution in [0.5, 0.6) is 0 Å². The highest BCUT2D eigenvalue weighted by molar-refractivity contribution is 7.07. The van der Waals surface area contributed by atoms with Crippen molar-refractivity contribution in [3.05, 3.63) is 22.4 Å². The predicted octanol–water partition coefficient (Wildman–Crippen LogP) is 2.39. The molecule has 0 aliphatic heterocycles. The largest absolute Gasteiger partial charge is 0.383 e. The summed E-state index contributed by atoms with van der Waals surface area (Å²) in [5.74, 6) is 0. The molecule has 106 valence electrons. The molecule has 4 nitrogen and oxygen atoms in total. The normalized spacial score (nSPS) is 14.3. The maximum atomic E-state index is 8.81. The highest BCUT2D eigenvalue weighted by atomic mass is 32.1. The minimum atomic E-state index is 0.0742. The van der Waals surface area contributed by atoms with Crippen molar-refractivity contribution in [1.82, 2.24) is 4.90 Å². The summed E-state index contributed by atoms with van der Waals surface area (Å²) < 4.78 is 5.17. The van der Waals surface area contributed by atoms with Gasteiger partial charge in [-0.2, -0.15) is 16.6 Å². The lowest BCUT2D eigenvalue weighted by Crippen LogP contribution is -2.42. The van der Waals surface area contributed by atoms with Crippen LogP contribution in [0.25, 0.3) is 0 Å². The summed E-state index contributed by atoms with van der Waals surface area (Å²) in [6.07, 6.45) is 1.43. The van der Waals surface area contributed by atoms with Gasteiger partial charge in [-0.15, -0.1) is 0 Å². The molecule has 0 aromatic carbocycles. The van der Waals surface area contributed by atoms with Gasteiger partial charge in [-0.3, -0.25) is 4.90 Å². The van der Waals surface area contributed by atoms with Crippen molar-refractivity contribution in [1.29, 1.82) is 5.26 Å². The molecule has 0 aliphatic carbocycles. The highest BCUT2D eigenvalue weighted by Gasteiger charge is 2.25. The second kappa shape index (κ2) is 9.05. The van der Waals surface area contributed by atoms with E-state index in [0.717, 1.165) is 19.5 Å². The minimum absolute atomic E-state index is 0.0742. The molecule has 1 aromatic heterocycles. The SMILES string of the molecule is CCC(N)C(c1ccsc1)N(CCC#N)CCOC. The van der Waals surface area contributed by atoms with Crippen LogP contribution in [-0.2, 0) is 4.74 Å². The van der Waals surface area contributed by atoms with Gasteiger partial charge in [-0.1, -0.05) is 6.92 Å². The summed E-state index contributed by atoms with van der Waals surface area (Å²) in [4.78, 5) is 2.27. The van der Waals surface area contributed by atoms with Crippen molar-refractivity contribution in [2.75, 3.05) is 26.8 Å². The molecular weight excluding hydrogens is 258 g/mol. The first-order valence-electron chi connectivity index (χ1n) is 6.62. The Bertz CT molecular complexity index is 375. The predicted molar refractivity (Wildman–Crippen MR) is 79.0 cm³/mol. The van der Waals surface area contributed by atoms with Crippen LogP contribution in [0.2, 0.25) is 0 Å². The number of nitrogens with zero attached hydrogens (tertiary/aromatic N) is 2. The van der Waals surface area contributed by atoms with Gasteiger partial charge in [-0.25, -0.2) is 0 Å². The lowest BCUT2D eigenvalue weighted by molar-refractivity contribution is 0.109. The molecule has 0 bridgehead atoms. The molecule has 19 heavy (non-hydrogen) atoms. The molecule has 0 aliphatic rings. The topological polar surface area (TPSA) is 62.3 Å². The van der Waals surface area contributed by atoms with Gasteiger partial charge in [0.25, 0.3) is 0 Å². The molecule has 0 saturated carbocycles. The monoisotopic (exact) mass is 281 g/mol. The number of nitrogens with two attached hydrogens (primary N) is 1. The zero-order chi connectivity index (χ0) is 14.1. The maximum Gasteiger partial charge on any atom is 0.0635 e. The second-order valence-electron chi connectivity index (χ2n) is 4.51. The molecule has 0 radical (unpaired) electrons. The van der Waals surface area contributed by atoms with Crippen molar-refractivity contribution in [2.45, 2.75) is 31.8 Å². The average molecular weight is 281 g/mol. The first-order chi connectivity index (χ1) is 9.24. The number of thiophene rings is 1. The van der Waals surface area contributed by atoms with Gasteiger partial charge < -0.3 is 10.5 Å². The van der Waals surface area contributed by atoms with Crippen LogP contribution in [-0.4, -0.2) is 37.7 Å². The van der Waals surface area contributed by atoms with E-state index >= 15 is 0 Å². The third-order valence-electron chi connectivity index (χ3n) is 3.25. The van der Waals surface area contributed by atoms with E-state index in [2.05, 4.69) is 34.7 Å². The molecule has 1 aromatic rings. The highest BCUT2D eigenvalue weighted by Crippen LogP contribution is 2.27. The molecule has 5 heteroatoms. The number of ether oxygens (including phenoxy) is 1. The third kappa shape index (κ3) is 4.92. The lowest BCUT2D eigenvalue weighted by atomic mass is 9.98. The van der Waals surface area contributed by atoms with E-state index in [1.807, 2.05) is 0 Å². The van der Waals surface area contributed by atoms with Crippen LogP contribution in [0.15, 0.2) is 16.8 Å². The van der Waals surface area contributed by atoms with Gasteiger partial charge in [0.2, 0.25) is 0 Å². The van der Waals surface area contributed by atoms with Crippen LogP contribution >= 0.6 is 11.3 Å². The number of hydrogen-bond donors (Lipinski definition) is 1. The maximum absolute atomic E-state index is 8.81. The second-order valence-corrected chi connectivity index (χ2v) is 5.29. The Balaban J connectivity index is 2.86. The number of hydrogen-bond acceptors (Lipinski definition) is 5. The van der Waals surface area contributed by atoms with E-state index in [4.69, 9.17) is 15.7 Å². The van der Waals surface area contributed by atoms with Gasteiger partial charge in [0, 0.05) is 32.7 Å². The molecule has 0 fully saturated rings. The van der Waals surface area contributed by atoms with Gasteiger partial charge in [0.15, 0.2) is 0 Å². The van der Waals surface area contributed by atoms with Crippen LogP contribution < -0.4 is 5.73 Å². The molecular formula is C14H23N3OS. The summed E-state index contributed by atoms with van der Waals surface area (Å²) >= 11 is 1.68. The first kappa shape index (κ1) is 16.1. The standard InChI is InChI=1S/C14H23N3OS/c1-3-13(16)14(12-5-10-19-11-12)17(7-4-6-15)8-9-18-2/h5,10-11,13-14H,3-4,7-9,16H2,1-2H3. The van der Waals surface area contributed by atoms with Crippen molar-refractivity contribution in [3.8, 4) is 6.07 Å². The third-order valence-corrected chi connectivity index (χ3v) is 3.95. The van der Waals surface area contributed by atoms with E-state index in [0.29, 0.717) is 13.0 Å². The van der Waals surface area contributed by atoms with Crippen molar-refractivity contribution >= 4 is 11.3 Å². The fourth-order valence-electron chi connectivity index (χ4n) is 2.19. The molecule has 2 N–H and O–H groups in total. The van der Waals surface area contributed by atoms with Gasteiger partial charge in [0.1, 0.15) is 0 Å². The Hall–Kier alpha value is -0.930. The van der Waals surface area contributed by atoms with Crippen molar-refractivity contribution in [3.63, 3.8) is 0 Å². The first-order valence-corrected chi connectivity index (χ1v) is 7.56. The summed E-state index contributed by atoms with van der Waals surface area (Å²) in [6, 6.07) is 4.57. The van der Waals surface area contributed by atoms with E-state index in [9.17, 15) is 0 Å². The van der Waals surface area contributed by atoms with Crippen molar-refractivity contribution < 1.29 is 4.74 Å². The summed E-state index contributed by atoms with van der Waals surface area (Å²) in [5.41, 5.74) is 7.54. The molecule has 0 spiro atoms. The fraction of sp³-hybridized carbons (Fsp3) is 0.643. The van der Waals surface area contributed by atoms with Gasteiger partial charge in [-0.05, 0) is 28.8 Å². The quantitative estimate of drug-likeness (QED) is 0.755. The number of methoxy groups -OCH3 is 1. The Kier molecular flexibility index (Phi) is 7.68. The zero-order valence-electron chi connectivity index (χ0n) is 11.7. The van der Waals surface area contributed by atoms with E-state index in [1.165, 1.54) is 5.56 Å². The molecule has 1 rings (SSSR count). The average Bonchev–Trinajstić information content (AvgIpc) is 2.94. The Labute approximate surface area is 119 Å². The van der Waals surface area contributed by atoms with E-state index in [1.54, 1.807) is 18.4 Å². The van der Waals surface area contributed by atoms with E-state index < -0.39 is 0 Å². The van der Waals surface area contributed by atoms with Crippen LogP contribution in [0.4, 0.5) is 0 Å². The fourth-order valence-corrected chi connectivity index (χ4v) is 2.88. The summed E-state index contributed by atoms with van der Waals surface area (Å²) in [7, 11) is 1.70.